The van der Waals surface area contributed by atoms with Crippen molar-refractivity contribution in [1.29, 1.82) is 5.26 Å². The van der Waals surface area contributed by atoms with E-state index in [1.54, 1.807) is 38.1 Å². The third-order valence-electron chi connectivity index (χ3n) is 3.62. The van der Waals surface area contributed by atoms with Gasteiger partial charge in [-0.1, -0.05) is 36.4 Å². The molecule has 0 fully saturated rings. The van der Waals surface area contributed by atoms with Gasteiger partial charge in [0.2, 0.25) is 0 Å². The fraction of sp³-hybridized carbons (Fsp3) is 0.174. The van der Waals surface area contributed by atoms with Crippen LogP contribution in [0.2, 0.25) is 0 Å². The zero-order chi connectivity index (χ0) is 21.1. The van der Waals surface area contributed by atoms with Crippen LogP contribution in [-0.4, -0.2) is 25.2 Å². The molecule has 29 heavy (non-hydrogen) atoms. The normalized spacial score (nSPS) is 11.0. The van der Waals surface area contributed by atoms with Gasteiger partial charge in [-0.3, -0.25) is 0 Å². The van der Waals surface area contributed by atoms with Gasteiger partial charge in [-0.05, 0) is 49.3 Å². The number of hydrogen-bond donors (Lipinski definition) is 0. The summed E-state index contributed by atoms with van der Waals surface area (Å²) in [5.74, 6) is -0.693. The Morgan fingerprint density at radius 1 is 1.00 bits per heavy atom. The largest absolute Gasteiger partial charge is 0.490 e. The van der Waals surface area contributed by atoms with Gasteiger partial charge in [0.1, 0.15) is 11.6 Å². The highest BCUT2D eigenvalue weighted by molar-refractivity contribution is 5.98. The number of hydrogen-bond acceptors (Lipinski definition) is 6. The molecule has 0 saturated carbocycles. The summed E-state index contributed by atoms with van der Waals surface area (Å²) in [7, 11) is 0. The van der Waals surface area contributed by atoms with Gasteiger partial charge >= 0.3 is 11.9 Å². The highest BCUT2D eigenvalue weighted by Gasteiger charge is 2.13. The smallest absolute Gasteiger partial charge is 0.348 e. The van der Waals surface area contributed by atoms with Crippen LogP contribution >= 0.6 is 0 Å². The second kappa shape index (κ2) is 11.1. The van der Waals surface area contributed by atoms with Crippen LogP contribution in [0.15, 0.2) is 60.2 Å². The van der Waals surface area contributed by atoms with E-state index in [0.717, 1.165) is 5.56 Å². The van der Waals surface area contributed by atoms with Gasteiger partial charge in [0.25, 0.3) is 0 Å². The number of nitrogens with zero attached hydrogens (tertiary/aromatic N) is 1. The fourth-order valence-electron chi connectivity index (χ4n) is 2.35. The van der Waals surface area contributed by atoms with Gasteiger partial charge in [0, 0.05) is 6.08 Å². The van der Waals surface area contributed by atoms with Crippen molar-refractivity contribution in [2.24, 2.45) is 0 Å². The summed E-state index contributed by atoms with van der Waals surface area (Å²) in [4.78, 5) is 23.9. The number of nitriles is 1. The van der Waals surface area contributed by atoms with Gasteiger partial charge in [0.15, 0.2) is 11.5 Å². The maximum absolute atomic E-state index is 12.1. The number of ether oxygens (including phenoxy) is 3. The molecule has 6 heteroatoms. The van der Waals surface area contributed by atoms with Crippen molar-refractivity contribution in [3.05, 3.63) is 71.3 Å². The molecule has 0 aliphatic carbocycles. The van der Waals surface area contributed by atoms with E-state index in [-0.39, 0.29) is 17.9 Å². The molecule has 0 heterocycles. The summed E-state index contributed by atoms with van der Waals surface area (Å²) < 4.78 is 15.7. The molecule has 6 nitrogen and oxygen atoms in total. The lowest BCUT2D eigenvalue weighted by Gasteiger charge is -2.10. The van der Waals surface area contributed by atoms with Crippen molar-refractivity contribution in [3.63, 3.8) is 0 Å². The summed E-state index contributed by atoms with van der Waals surface area (Å²) in [6.45, 7) is 3.98. The van der Waals surface area contributed by atoms with Crippen LogP contribution in [-0.2, 0) is 14.3 Å². The van der Waals surface area contributed by atoms with E-state index in [0.29, 0.717) is 17.9 Å². The molecule has 0 amide bonds. The summed E-state index contributed by atoms with van der Waals surface area (Å²) in [5.41, 5.74) is 1.28. The van der Waals surface area contributed by atoms with Crippen molar-refractivity contribution in [1.82, 2.24) is 0 Å². The molecule has 0 saturated heterocycles. The predicted octanol–water partition coefficient (Wildman–Crippen LogP) is 4.17. The standard InChI is InChI=1S/C23H21NO5/c1-3-27-21-15-18(14-19(16-24)23(26)28-4-2)10-12-20(21)29-22(25)13-11-17-8-6-5-7-9-17/h5-15H,3-4H2,1-2H3/b13-11+,19-14+. The zero-order valence-corrected chi connectivity index (χ0v) is 16.3. The first-order valence-corrected chi connectivity index (χ1v) is 9.08. The third-order valence-corrected chi connectivity index (χ3v) is 3.62. The monoisotopic (exact) mass is 391 g/mol. The highest BCUT2D eigenvalue weighted by Crippen LogP contribution is 2.29. The SMILES string of the molecule is CCOC(=O)/C(C#N)=C/c1ccc(OC(=O)/C=C/c2ccccc2)c(OCC)c1. The van der Waals surface area contributed by atoms with Crippen LogP contribution in [0.1, 0.15) is 25.0 Å². The first kappa shape index (κ1) is 21.5. The van der Waals surface area contributed by atoms with Gasteiger partial charge in [-0.15, -0.1) is 0 Å². The van der Waals surface area contributed by atoms with Crippen LogP contribution in [0.25, 0.3) is 12.2 Å². The average Bonchev–Trinajstić information content (AvgIpc) is 2.73. The van der Waals surface area contributed by atoms with Crippen molar-refractivity contribution >= 4 is 24.1 Å². The molecule has 0 unspecified atom stereocenters. The van der Waals surface area contributed by atoms with E-state index in [1.807, 2.05) is 36.4 Å². The number of esters is 2. The fourth-order valence-corrected chi connectivity index (χ4v) is 2.35. The van der Waals surface area contributed by atoms with Gasteiger partial charge in [0.05, 0.1) is 13.2 Å². The summed E-state index contributed by atoms with van der Waals surface area (Å²) in [6, 6.07) is 15.9. The van der Waals surface area contributed by atoms with E-state index >= 15 is 0 Å². The Morgan fingerprint density at radius 2 is 1.76 bits per heavy atom. The van der Waals surface area contributed by atoms with Crippen molar-refractivity contribution in [2.45, 2.75) is 13.8 Å². The summed E-state index contributed by atoms with van der Waals surface area (Å²) in [5, 5.41) is 9.16. The molecule has 0 spiro atoms. The lowest BCUT2D eigenvalue weighted by molar-refractivity contribution is -0.138. The second-order valence-corrected chi connectivity index (χ2v) is 5.69. The molecular formula is C23H21NO5. The van der Waals surface area contributed by atoms with Gasteiger partial charge in [-0.2, -0.15) is 5.26 Å². The van der Waals surface area contributed by atoms with E-state index in [1.165, 1.54) is 12.2 Å². The maximum Gasteiger partial charge on any atom is 0.348 e. The Morgan fingerprint density at radius 3 is 2.41 bits per heavy atom. The highest BCUT2D eigenvalue weighted by atomic mass is 16.6. The Bertz CT molecular complexity index is 955. The lowest BCUT2D eigenvalue weighted by Crippen LogP contribution is -2.07. The molecule has 0 radical (unpaired) electrons. The topological polar surface area (TPSA) is 85.6 Å². The van der Waals surface area contributed by atoms with Crippen LogP contribution in [0, 0.1) is 11.3 Å². The van der Waals surface area contributed by atoms with E-state index in [4.69, 9.17) is 19.5 Å². The number of carbonyl (C=O) groups is 2. The molecule has 0 bridgehead atoms. The van der Waals surface area contributed by atoms with Crippen molar-refractivity contribution in [3.8, 4) is 17.6 Å². The molecular weight excluding hydrogens is 370 g/mol. The van der Waals surface area contributed by atoms with E-state index in [2.05, 4.69) is 0 Å². The summed E-state index contributed by atoms with van der Waals surface area (Å²) in [6.07, 6.45) is 4.37. The van der Waals surface area contributed by atoms with E-state index in [9.17, 15) is 9.59 Å². The predicted molar refractivity (Wildman–Crippen MR) is 109 cm³/mol. The van der Waals surface area contributed by atoms with Crippen LogP contribution < -0.4 is 9.47 Å². The average molecular weight is 391 g/mol. The first-order valence-electron chi connectivity index (χ1n) is 9.08. The lowest BCUT2D eigenvalue weighted by atomic mass is 10.1. The van der Waals surface area contributed by atoms with Crippen LogP contribution in [0.5, 0.6) is 11.5 Å². The first-order chi connectivity index (χ1) is 14.1. The molecule has 0 atom stereocenters. The molecule has 0 aromatic heterocycles. The minimum Gasteiger partial charge on any atom is -0.490 e. The van der Waals surface area contributed by atoms with Crippen LogP contribution in [0.3, 0.4) is 0 Å². The number of benzene rings is 2. The summed E-state index contributed by atoms with van der Waals surface area (Å²) >= 11 is 0. The van der Waals surface area contributed by atoms with Crippen molar-refractivity contribution in [2.75, 3.05) is 13.2 Å². The van der Waals surface area contributed by atoms with Crippen LogP contribution in [0.4, 0.5) is 0 Å². The van der Waals surface area contributed by atoms with Crippen molar-refractivity contribution < 1.29 is 23.8 Å². The number of rotatable bonds is 8. The number of carbonyl (C=O) groups excluding carboxylic acids is 2. The Balaban J connectivity index is 2.21. The van der Waals surface area contributed by atoms with Gasteiger partial charge in [-0.25, -0.2) is 9.59 Å². The third kappa shape index (κ3) is 6.67. The molecule has 2 rings (SSSR count). The zero-order valence-electron chi connectivity index (χ0n) is 16.3. The van der Waals surface area contributed by atoms with Gasteiger partial charge < -0.3 is 14.2 Å². The molecule has 0 aliphatic rings. The quantitative estimate of drug-likeness (QED) is 0.290. The molecule has 148 valence electrons. The second-order valence-electron chi connectivity index (χ2n) is 5.69. The Kier molecular flexibility index (Phi) is 8.21. The molecule has 0 N–H and O–H groups in total. The van der Waals surface area contributed by atoms with E-state index < -0.39 is 11.9 Å². The molecule has 2 aromatic rings. The minimum absolute atomic E-state index is 0.134. The Hall–Kier alpha value is -3.85. The Labute approximate surface area is 169 Å². The molecule has 0 aliphatic heterocycles. The maximum atomic E-state index is 12.1. The molecule has 2 aromatic carbocycles. The minimum atomic E-state index is -0.700.